The number of rotatable bonds is 5. The lowest BCUT2D eigenvalue weighted by Crippen LogP contribution is -2.04. The van der Waals surface area contributed by atoms with E-state index in [9.17, 15) is 9.18 Å². The van der Waals surface area contributed by atoms with E-state index in [0.717, 1.165) is 10.2 Å². The summed E-state index contributed by atoms with van der Waals surface area (Å²) in [5.41, 5.74) is 0.179. The van der Waals surface area contributed by atoms with Crippen LogP contribution in [0.4, 0.5) is 4.39 Å². The van der Waals surface area contributed by atoms with Gasteiger partial charge in [-0.05, 0) is 23.4 Å². The molecule has 1 rings (SSSR count). The lowest BCUT2D eigenvalue weighted by molar-refractivity contribution is 0.0985. The normalized spacial score (nSPS) is 10.8. The van der Waals surface area contributed by atoms with E-state index in [-0.39, 0.29) is 11.3 Å². The van der Waals surface area contributed by atoms with Crippen molar-refractivity contribution in [3.05, 3.63) is 34.1 Å². The van der Waals surface area contributed by atoms with Crippen molar-refractivity contribution in [3.63, 3.8) is 0 Å². The number of hydrogen-bond donors (Lipinski definition) is 0. The average Bonchev–Trinajstić information content (AvgIpc) is 2.21. The summed E-state index contributed by atoms with van der Waals surface area (Å²) in [5, 5.41) is 0.500. The molecule has 0 bridgehead atoms. The van der Waals surface area contributed by atoms with E-state index in [2.05, 4.69) is 29.8 Å². The lowest BCUT2D eigenvalue weighted by Gasteiger charge is -2.05. The predicted molar refractivity (Wildman–Crippen MR) is 70.6 cm³/mol. The van der Waals surface area contributed by atoms with E-state index >= 15 is 0 Å². The average molecular weight is 305 g/mol. The van der Waals surface area contributed by atoms with Gasteiger partial charge >= 0.3 is 0 Å². The highest BCUT2D eigenvalue weighted by atomic mass is 79.9. The molecule has 16 heavy (non-hydrogen) atoms. The van der Waals surface area contributed by atoms with Crippen molar-refractivity contribution in [2.24, 2.45) is 0 Å². The first-order valence-electron chi connectivity index (χ1n) is 5.10. The van der Waals surface area contributed by atoms with Gasteiger partial charge in [0.2, 0.25) is 0 Å². The van der Waals surface area contributed by atoms with Crippen LogP contribution in [0.25, 0.3) is 0 Å². The van der Waals surface area contributed by atoms with Crippen molar-refractivity contribution < 1.29 is 9.18 Å². The molecule has 0 radical (unpaired) electrons. The number of ketones is 1. The third-order valence-electron chi connectivity index (χ3n) is 2.01. The number of hydrogen-bond acceptors (Lipinski definition) is 2. The molecule has 0 aliphatic rings. The van der Waals surface area contributed by atoms with Crippen molar-refractivity contribution in [2.75, 3.05) is 5.75 Å². The number of benzene rings is 1. The Morgan fingerprint density at radius 1 is 1.50 bits per heavy atom. The van der Waals surface area contributed by atoms with Crippen LogP contribution >= 0.6 is 27.7 Å². The Bertz CT molecular complexity index is 379. The summed E-state index contributed by atoms with van der Waals surface area (Å²) in [5.74, 6) is 0.164. The topological polar surface area (TPSA) is 17.1 Å². The summed E-state index contributed by atoms with van der Waals surface area (Å²) < 4.78 is 14.1. The monoisotopic (exact) mass is 304 g/mol. The highest BCUT2D eigenvalue weighted by molar-refractivity contribution is 9.10. The van der Waals surface area contributed by atoms with E-state index in [0.29, 0.717) is 11.7 Å². The molecular formula is C12H14BrFOS. The Labute approximate surface area is 108 Å². The molecule has 0 N–H and O–H groups in total. The maximum Gasteiger partial charge on any atom is 0.166 e. The predicted octanol–water partition coefficient (Wildman–Crippen LogP) is 4.30. The summed E-state index contributed by atoms with van der Waals surface area (Å²) in [6.07, 6.45) is 0.385. The molecule has 0 unspecified atom stereocenters. The summed E-state index contributed by atoms with van der Waals surface area (Å²) >= 11 is 4.94. The zero-order chi connectivity index (χ0) is 12.1. The van der Waals surface area contributed by atoms with Gasteiger partial charge in [0.15, 0.2) is 5.78 Å². The molecule has 1 nitrogen and oxygen atoms in total. The molecule has 4 heteroatoms. The van der Waals surface area contributed by atoms with E-state index in [1.54, 1.807) is 17.8 Å². The van der Waals surface area contributed by atoms with Gasteiger partial charge in [0, 0.05) is 16.6 Å². The SMILES string of the molecule is CC(C)SCCC(=O)c1cc(Br)ccc1F. The Kier molecular flexibility index (Phi) is 5.49. The molecule has 0 aliphatic carbocycles. The number of halogens is 2. The van der Waals surface area contributed by atoms with Crippen LogP contribution in [0.2, 0.25) is 0 Å². The zero-order valence-electron chi connectivity index (χ0n) is 9.30. The molecule has 0 saturated heterocycles. The number of Topliss-reactive ketones (excluding diaryl/α,β-unsaturated/α-hetero) is 1. The van der Waals surface area contributed by atoms with E-state index < -0.39 is 5.82 Å². The standard InChI is InChI=1S/C12H14BrFOS/c1-8(2)16-6-5-12(15)10-7-9(13)3-4-11(10)14/h3-4,7-8H,5-6H2,1-2H3. The largest absolute Gasteiger partial charge is 0.294 e. The third kappa shape index (κ3) is 4.26. The van der Waals surface area contributed by atoms with Gasteiger partial charge in [-0.25, -0.2) is 4.39 Å². The first-order chi connectivity index (χ1) is 7.50. The highest BCUT2D eigenvalue weighted by Crippen LogP contribution is 2.18. The van der Waals surface area contributed by atoms with Gasteiger partial charge in [0.05, 0.1) is 5.56 Å². The van der Waals surface area contributed by atoms with Crippen molar-refractivity contribution in [3.8, 4) is 0 Å². The van der Waals surface area contributed by atoms with Crippen molar-refractivity contribution in [1.82, 2.24) is 0 Å². The second kappa shape index (κ2) is 6.40. The molecule has 0 saturated carbocycles. The minimum atomic E-state index is -0.442. The Morgan fingerprint density at radius 3 is 2.81 bits per heavy atom. The summed E-state index contributed by atoms with van der Waals surface area (Å²) in [4.78, 5) is 11.7. The van der Waals surface area contributed by atoms with Crippen LogP contribution in [-0.4, -0.2) is 16.8 Å². The van der Waals surface area contributed by atoms with Crippen molar-refractivity contribution in [2.45, 2.75) is 25.5 Å². The molecule has 0 aromatic heterocycles. The van der Waals surface area contributed by atoms with Gasteiger partial charge in [-0.15, -0.1) is 0 Å². The number of carbonyl (C=O) groups is 1. The van der Waals surface area contributed by atoms with Crippen molar-refractivity contribution in [1.29, 1.82) is 0 Å². The molecule has 0 spiro atoms. The third-order valence-corrected chi connectivity index (χ3v) is 3.61. The van der Waals surface area contributed by atoms with Crippen LogP contribution in [-0.2, 0) is 0 Å². The maximum absolute atomic E-state index is 13.4. The molecule has 88 valence electrons. The van der Waals surface area contributed by atoms with Gasteiger partial charge < -0.3 is 0 Å². The summed E-state index contributed by atoms with van der Waals surface area (Å²) in [7, 11) is 0. The fraction of sp³-hybridized carbons (Fsp3) is 0.417. The van der Waals surface area contributed by atoms with Gasteiger partial charge in [0.25, 0.3) is 0 Å². The van der Waals surface area contributed by atoms with Gasteiger partial charge in [0.1, 0.15) is 5.82 Å². The first-order valence-corrected chi connectivity index (χ1v) is 6.94. The lowest BCUT2D eigenvalue weighted by atomic mass is 10.1. The molecule has 1 aromatic rings. The molecule has 0 heterocycles. The van der Waals surface area contributed by atoms with Crippen LogP contribution in [0.1, 0.15) is 30.6 Å². The second-order valence-corrected chi connectivity index (χ2v) is 6.32. The van der Waals surface area contributed by atoms with Crippen molar-refractivity contribution >= 4 is 33.5 Å². The Balaban J connectivity index is 2.62. The summed E-state index contributed by atoms with van der Waals surface area (Å²) in [6, 6.07) is 4.44. The molecule has 0 amide bonds. The van der Waals surface area contributed by atoms with Gasteiger partial charge in [-0.2, -0.15) is 11.8 Å². The first kappa shape index (κ1) is 13.7. The van der Waals surface area contributed by atoms with E-state index in [1.807, 2.05) is 0 Å². The fourth-order valence-electron chi connectivity index (χ4n) is 1.23. The highest BCUT2D eigenvalue weighted by Gasteiger charge is 2.12. The molecule has 0 fully saturated rings. The fourth-order valence-corrected chi connectivity index (χ4v) is 2.37. The molecule has 0 aliphatic heterocycles. The number of thioether (sulfide) groups is 1. The number of carbonyl (C=O) groups excluding carboxylic acids is 1. The quantitative estimate of drug-likeness (QED) is 0.754. The maximum atomic E-state index is 13.4. The van der Waals surface area contributed by atoms with E-state index in [4.69, 9.17) is 0 Å². The van der Waals surface area contributed by atoms with Crippen LogP contribution in [0.5, 0.6) is 0 Å². The van der Waals surface area contributed by atoms with Crippen LogP contribution in [0.3, 0.4) is 0 Å². The minimum absolute atomic E-state index is 0.132. The van der Waals surface area contributed by atoms with Crippen LogP contribution < -0.4 is 0 Å². The minimum Gasteiger partial charge on any atom is -0.294 e. The molecular weight excluding hydrogens is 291 g/mol. The Morgan fingerprint density at radius 2 is 2.19 bits per heavy atom. The van der Waals surface area contributed by atoms with Crippen LogP contribution in [0, 0.1) is 5.82 Å². The molecule has 1 aromatic carbocycles. The van der Waals surface area contributed by atoms with Gasteiger partial charge in [-0.3, -0.25) is 4.79 Å². The smallest absolute Gasteiger partial charge is 0.166 e. The van der Waals surface area contributed by atoms with Crippen LogP contribution in [0.15, 0.2) is 22.7 Å². The summed E-state index contributed by atoms with van der Waals surface area (Å²) in [6.45, 7) is 4.16. The second-order valence-electron chi connectivity index (χ2n) is 3.72. The molecule has 0 atom stereocenters. The van der Waals surface area contributed by atoms with E-state index in [1.165, 1.54) is 12.1 Å². The Hall–Kier alpha value is -0.350. The van der Waals surface area contributed by atoms with Gasteiger partial charge in [-0.1, -0.05) is 29.8 Å². The zero-order valence-corrected chi connectivity index (χ0v) is 11.7.